The summed E-state index contributed by atoms with van der Waals surface area (Å²) in [7, 11) is 0. The minimum atomic E-state index is -0.0876. The molecule has 1 aromatic heterocycles. The fourth-order valence-corrected chi connectivity index (χ4v) is 4.97. The van der Waals surface area contributed by atoms with E-state index in [0.29, 0.717) is 45.4 Å². The van der Waals surface area contributed by atoms with Crippen molar-refractivity contribution in [2.45, 2.75) is 31.0 Å². The highest BCUT2D eigenvalue weighted by molar-refractivity contribution is 9.09. The lowest BCUT2D eigenvalue weighted by Crippen LogP contribution is -2.33. The molecule has 0 spiro atoms. The minimum Gasteiger partial charge on any atom is -0.436 e. The second-order valence-corrected chi connectivity index (χ2v) is 10.8. The zero-order valence-electron chi connectivity index (χ0n) is 20.4. The highest BCUT2D eigenvalue weighted by Gasteiger charge is 2.25. The van der Waals surface area contributed by atoms with Gasteiger partial charge < -0.3 is 14.6 Å². The van der Waals surface area contributed by atoms with Crippen LogP contribution in [0, 0.1) is 17.2 Å². The lowest BCUT2D eigenvalue weighted by atomic mass is 10.00. The molecule has 0 bridgehead atoms. The number of alkyl halides is 1. The molecule has 5 rings (SSSR count). The fraction of sp³-hybridized carbons (Fsp3) is 0.357. The Morgan fingerprint density at radius 3 is 2.81 bits per heavy atom. The van der Waals surface area contributed by atoms with Crippen LogP contribution in [0.2, 0.25) is 0 Å². The molecule has 0 aliphatic carbocycles. The van der Waals surface area contributed by atoms with Crippen LogP contribution in [0.15, 0.2) is 58.0 Å². The van der Waals surface area contributed by atoms with Crippen molar-refractivity contribution >= 4 is 38.8 Å². The van der Waals surface area contributed by atoms with Crippen LogP contribution in [0.4, 0.5) is 0 Å². The summed E-state index contributed by atoms with van der Waals surface area (Å²) in [5, 5.41) is 12.4. The minimum absolute atomic E-state index is 0.0876. The summed E-state index contributed by atoms with van der Waals surface area (Å²) in [5.74, 6) is 2.03. The number of carbonyl (C=O) groups excluding carboxylic acids is 1. The van der Waals surface area contributed by atoms with E-state index in [-0.39, 0.29) is 11.8 Å². The third kappa shape index (κ3) is 5.07. The molecule has 2 aliphatic rings. The average Bonchev–Trinajstić information content (AvgIpc) is 3.54. The normalized spacial score (nSPS) is 19.5. The van der Waals surface area contributed by atoms with Gasteiger partial charge in [-0.2, -0.15) is 5.26 Å². The van der Waals surface area contributed by atoms with Crippen molar-refractivity contribution in [1.29, 1.82) is 5.26 Å². The monoisotopic (exact) mass is 545 g/mol. The highest BCUT2D eigenvalue weighted by Crippen LogP contribution is 2.31. The number of aliphatic imine (C=N–C) groups is 1. The largest absolute Gasteiger partial charge is 0.436 e. The molecule has 1 unspecified atom stereocenters. The molecule has 2 aliphatic heterocycles. The maximum absolute atomic E-state index is 12.8. The van der Waals surface area contributed by atoms with Gasteiger partial charge in [0.1, 0.15) is 11.4 Å². The Labute approximate surface area is 219 Å². The van der Waals surface area contributed by atoms with Gasteiger partial charge in [-0.1, -0.05) is 35.9 Å². The van der Waals surface area contributed by atoms with Gasteiger partial charge in [-0.3, -0.25) is 9.79 Å². The van der Waals surface area contributed by atoms with Gasteiger partial charge in [-0.15, -0.1) is 0 Å². The van der Waals surface area contributed by atoms with Crippen molar-refractivity contribution in [3.8, 4) is 17.5 Å². The Balaban J connectivity index is 1.22. The van der Waals surface area contributed by atoms with E-state index in [1.807, 2.05) is 18.2 Å². The SMILES string of the molecule is CC(C)c1cc(C#N)cc2nc(-c3ccc(C(=O)NC[C@@H]4CCN(C5=NCC(Br)C=C5)C4)cc3)oc12. The Kier molecular flexibility index (Phi) is 6.92. The molecule has 2 atom stereocenters. The molecular weight excluding hydrogens is 518 g/mol. The second-order valence-electron chi connectivity index (χ2n) is 9.66. The van der Waals surface area contributed by atoms with Crippen LogP contribution in [0.3, 0.4) is 0 Å². The molecule has 1 saturated heterocycles. The summed E-state index contributed by atoms with van der Waals surface area (Å²) in [6.45, 7) is 7.40. The number of benzene rings is 2. The molecule has 1 N–H and O–H groups in total. The summed E-state index contributed by atoms with van der Waals surface area (Å²) in [5.41, 5.74) is 4.29. The smallest absolute Gasteiger partial charge is 0.251 e. The molecule has 1 fully saturated rings. The van der Waals surface area contributed by atoms with Crippen LogP contribution in [0.5, 0.6) is 0 Å². The quantitative estimate of drug-likeness (QED) is 0.440. The number of hydrogen-bond acceptors (Lipinski definition) is 6. The summed E-state index contributed by atoms with van der Waals surface area (Å²) in [4.78, 5) is 24.6. The number of nitriles is 1. The van der Waals surface area contributed by atoms with E-state index in [2.05, 4.69) is 68.2 Å². The number of nitrogens with one attached hydrogen (secondary N) is 1. The molecule has 1 amide bonds. The number of oxazole rings is 1. The first-order valence-corrected chi connectivity index (χ1v) is 13.2. The Morgan fingerprint density at radius 1 is 1.31 bits per heavy atom. The van der Waals surface area contributed by atoms with Gasteiger partial charge in [0.15, 0.2) is 5.58 Å². The van der Waals surface area contributed by atoms with Crippen molar-refractivity contribution in [3.05, 3.63) is 65.2 Å². The maximum atomic E-state index is 12.8. The number of rotatable bonds is 5. The third-order valence-electron chi connectivity index (χ3n) is 6.71. The lowest BCUT2D eigenvalue weighted by molar-refractivity contribution is 0.0948. The predicted molar refractivity (Wildman–Crippen MR) is 144 cm³/mol. The molecule has 0 radical (unpaired) electrons. The van der Waals surface area contributed by atoms with E-state index in [1.54, 1.807) is 18.2 Å². The van der Waals surface area contributed by atoms with Crippen molar-refractivity contribution in [2.24, 2.45) is 10.9 Å². The van der Waals surface area contributed by atoms with Crippen molar-refractivity contribution < 1.29 is 9.21 Å². The molecule has 36 heavy (non-hydrogen) atoms. The third-order valence-corrected chi connectivity index (χ3v) is 7.30. The zero-order valence-corrected chi connectivity index (χ0v) is 22.0. The number of carbonyl (C=O) groups is 1. The Morgan fingerprint density at radius 2 is 2.11 bits per heavy atom. The maximum Gasteiger partial charge on any atom is 0.251 e. The van der Waals surface area contributed by atoms with Crippen LogP contribution in [0.1, 0.15) is 47.7 Å². The molecular formula is C28H28BrN5O2. The van der Waals surface area contributed by atoms with Crippen LogP contribution < -0.4 is 5.32 Å². The van der Waals surface area contributed by atoms with Gasteiger partial charge in [0, 0.05) is 36.3 Å². The van der Waals surface area contributed by atoms with Gasteiger partial charge >= 0.3 is 0 Å². The van der Waals surface area contributed by atoms with Crippen molar-refractivity contribution in [1.82, 2.24) is 15.2 Å². The van der Waals surface area contributed by atoms with E-state index in [4.69, 9.17) is 4.42 Å². The van der Waals surface area contributed by atoms with E-state index in [9.17, 15) is 10.1 Å². The topological polar surface area (TPSA) is 94.5 Å². The van der Waals surface area contributed by atoms with E-state index in [0.717, 1.165) is 43.0 Å². The zero-order chi connectivity index (χ0) is 25.2. The number of aromatic nitrogens is 1. The number of dihydropyridines is 1. The molecule has 7 nitrogen and oxygen atoms in total. The lowest BCUT2D eigenvalue weighted by Gasteiger charge is -2.21. The molecule has 3 heterocycles. The standard InChI is InChI=1S/C28H28BrN5O2/c1-17(2)23-11-19(13-30)12-24-26(23)36-28(33-24)21-5-3-20(4-6-21)27(35)32-14-18-9-10-34(16-18)25-8-7-22(29)15-31-25/h3-8,11-12,17-18,22H,9-10,14-16H2,1-2H3,(H,32,35)/t18-,22?/m0/s1. The number of fused-ring (bicyclic) bond motifs is 1. The van der Waals surface area contributed by atoms with E-state index in [1.165, 1.54) is 0 Å². The average molecular weight is 546 g/mol. The molecule has 3 aromatic rings. The van der Waals surface area contributed by atoms with Crippen molar-refractivity contribution in [2.75, 3.05) is 26.2 Å². The predicted octanol–water partition coefficient (Wildman–Crippen LogP) is 5.27. The number of nitrogens with zero attached hydrogens (tertiary/aromatic N) is 4. The fourth-order valence-electron chi connectivity index (χ4n) is 4.68. The molecule has 2 aromatic carbocycles. The molecule has 184 valence electrons. The number of likely N-dealkylation sites (tertiary alicyclic amines) is 1. The van der Waals surface area contributed by atoms with E-state index >= 15 is 0 Å². The van der Waals surface area contributed by atoms with Crippen LogP contribution in [-0.2, 0) is 0 Å². The summed E-state index contributed by atoms with van der Waals surface area (Å²) < 4.78 is 6.08. The van der Waals surface area contributed by atoms with Crippen LogP contribution >= 0.6 is 15.9 Å². The van der Waals surface area contributed by atoms with Gasteiger partial charge in [-0.05, 0) is 60.7 Å². The number of amides is 1. The van der Waals surface area contributed by atoms with Crippen LogP contribution in [0.25, 0.3) is 22.6 Å². The van der Waals surface area contributed by atoms with Gasteiger partial charge in [0.2, 0.25) is 5.89 Å². The second kappa shape index (κ2) is 10.3. The van der Waals surface area contributed by atoms with Gasteiger partial charge in [0.25, 0.3) is 5.91 Å². The first-order chi connectivity index (χ1) is 17.4. The van der Waals surface area contributed by atoms with Crippen LogP contribution in [-0.4, -0.2) is 52.6 Å². The molecule has 0 saturated carbocycles. The molecule has 8 heteroatoms. The Bertz CT molecular complexity index is 1380. The summed E-state index contributed by atoms with van der Waals surface area (Å²) in [6, 6.07) is 13.1. The Hall–Kier alpha value is -3.44. The summed E-state index contributed by atoms with van der Waals surface area (Å²) in [6.07, 6.45) is 5.25. The highest BCUT2D eigenvalue weighted by atomic mass is 79.9. The first-order valence-electron chi connectivity index (χ1n) is 12.3. The van der Waals surface area contributed by atoms with E-state index < -0.39 is 0 Å². The summed E-state index contributed by atoms with van der Waals surface area (Å²) >= 11 is 3.56. The number of hydrogen-bond donors (Lipinski definition) is 1. The number of amidine groups is 1. The first kappa shape index (κ1) is 24.3. The van der Waals surface area contributed by atoms with Crippen molar-refractivity contribution in [3.63, 3.8) is 0 Å². The number of halogens is 1. The van der Waals surface area contributed by atoms with Gasteiger partial charge in [0.05, 0.1) is 23.0 Å². The van der Waals surface area contributed by atoms with Gasteiger partial charge in [-0.25, -0.2) is 4.98 Å².